The number of carbonyl (C=O) groups excluding carboxylic acids is 1. The first-order chi connectivity index (χ1) is 6.49. The highest BCUT2D eigenvalue weighted by Crippen LogP contribution is 2.63. The fraction of sp³-hybridized carbons (Fsp3) is 0.750. The maximum absolute atomic E-state index is 12.2. The molecule has 0 amide bonds. The monoisotopic (exact) mass is 192 g/mol. The third-order valence-electron chi connectivity index (χ3n) is 4.80. The van der Waals surface area contributed by atoms with Gasteiger partial charge in [0.05, 0.1) is 17.6 Å². The van der Waals surface area contributed by atoms with E-state index in [4.69, 9.17) is 4.74 Å². The van der Waals surface area contributed by atoms with E-state index >= 15 is 0 Å². The van der Waals surface area contributed by atoms with Crippen LogP contribution in [0.15, 0.2) is 11.6 Å². The van der Waals surface area contributed by atoms with Crippen LogP contribution in [0.1, 0.15) is 27.2 Å². The van der Waals surface area contributed by atoms with E-state index in [1.165, 1.54) is 0 Å². The Morgan fingerprint density at radius 1 is 1.50 bits per heavy atom. The summed E-state index contributed by atoms with van der Waals surface area (Å²) in [6.07, 6.45) is 3.16. The average Bonchev–Trinajstić information content (AvgIpc) is 2.50. The molecule has 4 unspecified atom stereocenters. The Labute approximate surface area is 84.3 Å². The van der Waals surface area contributed by atoms with Crippen molar-refractivity contribution in [2.75, 3.05) is 6.61 Å². The molecule has 1 saturated carbocycles. The number of carbonyl (C=O) groups is 1. The Hall–Kier alpha value is -0.630. The zero-order valence-electron chi connectivity index (χ0n) is 8.96. The molecule has 1 aliphatic heterocycles. The second-order valence-electron chi connectivity index (χ2n) is 5.42. The second-order valence-corrected chi connectivity index (χ2v) is 5.42. The summed E-state index contributed by atoms with van der Waals surface area (Å²) in [6, 6.07) is 0. The third-order valence-corrected chi connectivity index (χ3v) is 4.80. The molecule has 0 spiro atoms. The molecule has 4 atom stereocenters. The van der Waals surface area contributed by atoms with Crippen LogP contribution in [-0.4, -0.2) is 18.0 Å². The molecule has 0 N–H and O–H groups in total. The van der Waals surface area contributed by atoms with Gasteiger partial charge < -0.3 is 4.74 Å². The highest BCUT2D eigenvalue weighted by molar-refractivity contribution is 6.02. The van der Waals surface area contributed by atoms with Gasteiger partial charge in [-0.1, -0.05) is 6.08 Å². The van der Waals surface area contributed by atoms with Gasteiger partial charge in [0.25, 0.3) is 0 Å². The minimum atomic E-state index is -0.251. The Kier molecular flexibility index (Phi) is 1.32. The van der Waals surface area contributed by atoms with E-state index in [-0.39, 0.29) is 11.0 Å². The molecule has 3 aliphatic rings. The molecule has 0 aromatic carbocycles. The van der Waals surface area contributed by atoms with Crippen LogP contribution in [-0.2, 0) is 9.53 Å². The molecule has 2 heteroatoms. The van der Waals surface area contributed by atoms with Gasteiger partial charge >= 0.3 is 0 Å². The summed E-state index contributed by atoms with van der Waals surface area (Å²) >= 11 is 0. The molecule has 2 nitrogen and oxygen atoms in total. The Morgan fingerprint density at radius 3 is 2.93 bits per heavy atom. The molecule has 1 heterocycles. The van der Waals surface area contributed by atoms with Gasteiger partial charge in [-0.05, 0) is 38.7 Å². The Morgan fingerprint density at radius 2 is 2.21 bits per heavy atom. The molecule has 0 radical (unpaired) electrons. The van der Waals surface area contributed by atoms with E-state index in [0.717, 1.165) is 18.6 Å². The highest BCUT2D eigenvalue weighted by Gasteiger charge is 2.68. The molecule has 4 bridgehead atoms. The van der Waals surface area contributed by atoms with Crippen molar-refractivity contribution in [2.45, 2.75) is 32.8 Å². The van der Waals surface area contributed by atoms with Gasteiger partial charge in [-0.15, -0.1) is 0 Å². The van der Waals surface area contributed by atoms with Crippen LogP contribution in [0, 0.1) is 17.3 Å². The van der Waals surface area contributed by atoms with Crippen molar-refractivity contribution < 1.29 is 9.53 Å². The summed E-state index contributed by atoms with van der Waals surface area (Å²) in [5.74, 6) is 1.36. The van der Waals surface area contributed by atoms with E-state index in [1.807, 2.05) is 6.92 Å². The number of rotatable bonds is 0. The summed E-state index contributed by atoms with van der Waals surface area (Å²) < 4.78 is 5.86. The lowest BCUT2D eigenvalue weighted by Crippen LogP contribution is -2.52. The van der Waals surface area contributed by atoms with Gasteiger partial charge in [-0.25, -0.2) is 0 Å². The highest BCUT2D eigenvalue weighted by atomic mass is 16.5. The number of Topliss-reactive ketones (excluding diaryl/α,β-unsaturated/α-hetero) is 1. The molecule has 2 aliphatic carbocycles. The molecule has 14 heavy (non-hydrogen) atoms. The topological polar surface area (TPSA) is 26.3 Å². The van der Waals surface area contributed by atoms with E-state index in [1.54, 1.807) is 0 Å². The SMILES string of the molecule is CC1=CC2C3COC2(C)C(C)(C3)C1=O. The van der Waals surface area contributed by atoms with Gasteiger partial charge in [0.15, 0.2) is 5.78 Å². The van der Waals surface area contributed by atoms with Crippen molar-refractivity contribution in [1.29, 1.82) is 0 Å². The van der Waals surface area contributed by atoms with Crippen LogP contribution < -0.4 is 0 Å². The summed E-state index contributed by atoms with van der Waals surface area (Å²) in [6.45, 7) is 6.98. The zero-order chi connectivity index (χ0) is 10.1. The second kappa shape index (κ2) is 2.13. The van der Waals surface area contributed by atoms with Gasteiger partial charge in [-0.2, -0.15) is 0 Å². The van der Waals surface area contributed by atoms with Gasteiger partial charge in [0, 0.05) is 5.92 Å². The Balaban J connectivity index is 2.23. The van der Waals surface area contributed by atoms with Crippen LogP contribution in [0.25, 0.3) is 0 Å². The first-order valence-electron chi connectivity index (χ1n) is 5.36. The van der Waals surface area contributed by atoms with E-state index in [0.29, 0.717) is 17.6 Å². The third kappa shape index (κ3) is 0.650. The summed E-state index contributed by atoms with van der Waals surface area (Å²) in [5.41, 5.74) is 0.483. The molecule has 2 fully saturated rings. The molecule has 0 aromatic heterocycles. The fourth-order valence-corrected chi connectivity index (χ4v) is 3.76. The van der Waals surface area contributed by atoms with Crippen molar-refractivity contribution in [3.05, 3.63) is 11.6 Å². The van der Waals surface area contributed by atoms with Crippen LogP contribution >= 0.6 is 0 Å². The van der Waals surface area contributed by atoms with E-state index in [9.17, 15) is 4.79 Å². The van der Waals surface area contributed by atoms with Crippen LogP contribution in [0.2, 0.25) is 0 Å². The predicted octanol–water partition coefficient (Wildman–Crippen LogP) is 1.95. The van der Waals surface area contributed by atoms with Crippen LogP contribution in [0.3, 0.4) is 0 Å². The quantitative estimate of drug-likeness (QED) is 0.586. The minimum Gasteiger partial charge on any atom is -0.373 e. The van der Waals surface area contributed by atoms with Gasteiger partial charge in [0.1, 0.15) is 0 Å². The van der Waals surface area contributed by atoms with Gasteiger partial charge in [0.2, 0.25) is 0 Å². The van der Waals surface area contributed by atoms with Crippen LogP contribution in [0.4, 0.5) is 0 Å². The summed E-state index contributed by atoms with van der Waals surface area (Å²) in [5, 5.41) is 0. The minimum absolute atomic E-state index is 0.214. The molecule has 76 valence electrons. The average molecular weight is 192 g/mol. The maximum atomic E-state index is 12.2. The first kappa shape index (κ1) is 8.66. The summed E-state index contributed by atoms with van der Waals surface area (Å²) in [4.78, 5) is 12.2. The summed E-state index contributed by atoms with van der Waals surface area (Å²) in [7, 11) is 0. The lowest BCUT2D eigenvalue weighted by Gasteiger charge is -2.44. The van der Waals surface area contributed by atoms with Gasteiger partial charge in [-0.3, -0.25) is 4.79 Å². The van der Waals surface area contributed by atoms with E-state index < -0.39 is 0 Å². The molecular formula is C12H16O2. The number of ketones is 1. The molecule has 0 aromatic rings. The number of hydrogen-bond donors (Lipinski definition) is 0. The predicted molar refractivity (Wildman–Crippen MR) is 52.8 cm³/mol. The normalized spacial score (nSPS) is 55.1. The maximum Gasteiger partial charge on any atom is 0.167 e. The number of ether oxygens (including phenoxy) is 1. The Bertz CT molecular complexity index is 357. The van der Waals surface area contributed by atoms with Crippen molar-refractivity contribution in [3.8, 4) is 0 Å². The van der Waals surface area contributed by atoms with E-state index in [2.05, 4.69) is 19.9 Å². The lowest BCUT2D eigenvalue weighted by molar-refractivity contribution is -0.149. The number of allylic oxidation sites excluding steroid dienone is 1. The smallest absolute Gasteiger partial charge is 0.167 e. The van der Waals surface area contributed by atoms with Crippen molar-refractivity contribution in [2.24, 2.45) is 17.3 Å². The first-order valence-corrected chi connectivity index (χ1v) is 5.36. The molecular weight excluding hydrogens is 176 g/mol. The van der Waals surface area contributed by atoms with Crippen molar-refractivity contribution >= 4 is 5.78 Å². The fourth-order valence-electron chi connectivity index (χ4n) is 3.76. The lowest BCUT2D eigenvalue weighted by atomic mass is 9.66. The standard InChI is InChI=1S/C12H16O2/c1-7-4-9-8-5-11(2,10(7)13)12(9,3)14-6-8/h4,8-9H,5-6H2,1-3H3. The zero-order valence-corrected chi connectivity index (χ0v) is 8.96. The van der Waals surface area contributed by atoms with Crippen molar-refractivity contribution in [3.63, 3.8) is 0 Å². The molecule has 3 rings (SSSR count). The van der Waals surface area contributed by atoms with Crippen LogP contribution in [0.5, 0.6) is 0 Å². The van der Waals surface area contributed by atoms with Crippen molar-refractivity contribution in [1.82, 2.24) is 0 Å². The number of hydrogen-bond acceptors (Lipinski definition) is 2. The largest absolute Gasteiger partial charge is 0.373 e. The molecule has 1 saturated heterocycles.